The van der Waals surface area contributed by atoms with Crippen LogP contribution in [0.15, 0.2) is 89.4 Å². The maximum atomic E-state index is 13.0. The standard InChI is InChI=1S/C48H54N6O10/c1-5-15-61-39-31-11-9-12-32(39)24-36-20-30(28-54-47(59)51-44(56)52-48(54)60)22-38(42(36)64-18-8-4)26-34-14-10-13-33(40(34)62-16-6-2)25-37-21-29(19-35(23-31)41(37)63-17-7-3)27-53-45(57)49-43(55)50-46(53)58/h9-14,19-22H,5-8,15-18,23-28H2,1-4H3,(H2,49,50,55,57,58)(H2,51,52,56,59,60). The molecular weight excluding hydrogens is 821 g/mol. The van der Waals surface area contributed by atoms with E-state index in [1.807, 2.05) is 88.4 Å². The smallest absolute Gasteiger partial charge is 0.333 e. The summed E-state index contributed by atoms with van der Waals surface area (Å²) in [5.74, 6) is 2.72. The van der Waals surface area contributed by atoms with E-state index in [9.17, 15) is 28.8 Å². The molecule has 0 saturated heterocycles. The van der Waals surface area contributed by atoms with Crippen LogP contribution in [0.1, 0.15) is 109 Å². The number of nitrogens with zero attached hydrogens (tertiary/aromatic N) is 2. The average molecular weight is 875 g/mol. The molecule has 7 rings (SSSR count). The van der Waals surface area contributed by atoms with Gasteiger partial charge in [0.2, 0.25) is 0 Å². The van der Waals surface area contributed by atoms with Crippen molar-refractivity contribution in [1.82, 2.24) is 29.1 Å². The molecule has 1 aliphatic rings. The average Bonchev–Trinajstić information content (AvgIpc) is 3.25. The number of para-hydroxylation sites is 2. The largest absolute Gasteiger partial charge is 0.493 e. The molecule has 0 atom stereocenters. The number of aromatic nitrogens is 6. The second-order valence-electron chi connectivity index (χ2n) is 15.9. The van der Waals surface area contributed by atoms with E-state index < -0.39 is 34.1 Å². The topological polar surface area (TPSA) is 212 Å². The van der Waals surface area contributed by atoms with Crippen LogP contribution in [0.2, 0.25) is 0 Å². The van der Waals surface area contributed by atoms with Gasteiger partial charge in [-0.2, -0.15) is 0 Å². The van der Waals surface area contributed by atoms with Crippen molar-refractivity contribution in [1.29, 1.82) is 0 Å². The number of fused-ring (bicyclic) bond motifs is 8. The van der Waals surface area contributed by atoms with Crippen LogP contribution < -0.4 is 53.1 Å². The summed E-state index contributed by atoms with van der Waals surface area (Å²) in [7, 11) is 0. The van der Waals surface area contributed by atoms with Gasteiger partial charge in [0.05, 0.1) is 39.5 Å². The van der Waals surface area contributed by atoms with Gasteiger partial charge in [-0.1, -0.05) is 64.1 Å². The fourth-order valence-corrected chi connectivity index (χ4v) is 8.13. The Morgan fingerprint density at radius 2 is 0.656 bits per heavy atom. The van der Waals surface area contributed by atoms with E-state index in [-0.39, 0.29) is 13.1 Å². The lowest BCUT2D eigenvalue weighted by atomic mass is 9.89. The lowest BCUT2D eigenvalue weighted by Gasteiger charge is -2.24. The summed E-state index contributed by atoms with van der Waals surface area (Å²) < 4.78 is 28.4. The zero-order valence-electron chi connectivity index (χ0n) is 36.6. The monoisotopic (exact) mass is 874 g/mol. The molecule has 0 unspecified atom stereocenters. The summed E-state index contributed by atoms with van der Waals surface area (Å²) in [6, 6.07) is 19.7. The Balaban J connectivity index is 1.51. The summed E-state index contributed by atoms with van der Waals surface area (Å²) in [5.41, 5.74) is 2.94. The van der Waals surface area contributed by atoms with Crippen molar-refractivity contribution in [3.8, 4) is 23.0 Å². The van der Waals surface area contributed by atoms with Crippen molar-refractivity contribution in [2.24, 2.45) is 0 Å². The maximum absolute atomic E-state index is 13.0. The predicted molar refractivity (Wildman–Crippen MR) is 242 cm³/mol. The number of nitrogens with one attached hydrogen (secondary N) is 4. The molecule has 4 aromatic carbocycles. The zero-order valence-corrected chi connectivity index (χ0v) is 36.6. The number of benzene rings is 4. The number of hydrogen-bond donors (Lipinski definition) is 4. The minimum atomic E-state index is -0.881. The maximum Gasteiger partial charge on any atom is 0.333 e. The van der Waals surface area contributed by atoms with Crippen LogP contribution in [0.5, 0.6) is 23.0 Å². The van der Waals surface area contributed by atoms with Crippen molar-refractivity contribution < 1.29 is 18.9 Å². The second-order valence-corrected chi connectivity index (χ2v) is 15.9. The number of hydrogen-bond acceptors (Lipinski definition) is 10. The molecule has 6 aromatic rings. The second kappa shape index (κ2) is 20.4. The molecule has 0 fully saturated rings. The lowest BCUT2D eigenvalue weighted by Crippen LogP contribution is -2.43. The van der Waals surface area contributed by atoms with E-state index in [1.165, 1.54) is 0 Å². The molecule has 0 spiro atoms. The first-order valence-electron chi connectivity index (χ1n) is 21.9. The van der Waals surface area contributed by atoms with Crippen molar-refractivity contribution >= 4 is 0 Å². The van der Waals surface area contributed by atoms with Gasteiger partial charge in [0.25, 0.3) is 0 Å². The summed E-state index contributed by atoms with van der Waals surface area (Å²) >= 11 is 0. The molecule has 0 radical (unpaired) electrons. The zero-order chi connectivity index (χ0) is 45.3. The van der Waals surface area contributed by atoms with E-state index in [1.54, 1.807) is 0 Å². The summed E-state index contributed by atoms with van der Waals surface area (Å²) in [6.07, 6.45) is 4.39. The number of ether oxygens (including phenoxy) is 4. The van der Waals surface area contributed by atoms with Gasteiger partial charge in [0.1, 0.15) is 23.0 Å². The van der Waals surface area contributed by atoms with Gasteiger partial charge in [-0.25, -0.2) is 37.9 Å². The predicted octanol–water partition coefficient (Wildman–Crippen LogP) is 4.69. The highest BCUT2D eigenvalue weighted by Crippen LogP contribution is 2.40. The van der Waals surface area contributed by atoms with E-state index in [2.05, 4.69) is 19.9 Å². The Morgan fingerprint density at radius 3 is 0.906 bits per heavy atom. The number of aromatic amines is 4. The third kappa shape index (κ3) is 10.2. The van der Waals surface area contributed by atoms with E-state index >= 15 is 0 Å². The molecule has 16 heteroatoms. The molecule has 2 heterocycles. The van der Waals surface area contributed by atoms with Crippen LogP contribution >= 0.6 is 0 Å². The molecule has 0 saturated carbocycles. The van der Waals surface area contributed by atoms with Crippen LogP contribution in [0.25, 0.3) is 0 Å². The Kier molecular flexibility index (Phi) is 14.3. The van der Waals surface area contributed by atoms with Crippen LogP contribution in [0, 0.1) is 0 Å². The third-order valence-corrected chi connectivity index (χ3v) is 10.8. The molecule has 336 valence electrons. The highest BCUT2D eigenvalue weighted by Gasteiger charge is 2.24. The summed E-state index contributed by atoms with van der Waals surface area (Å²) in [4.78, 5) is 84.5. The normalized spacial score (nSPS) is 12.2. The first kappa shape index (κ1) is 44.9. The number of rotatable bonds is 16. The van der Waals surface area contributed by atoms with Crippen LogP contribution in [0.3, 0.4) is 0 Å². The van der Waals surface area contributed by atoms with Crippen molar-refractivity contribution in [3.05, 3.63) is 179 Å². The van der Waals surface area contributed by atoms with Crippen molar-refractivity contribution in [2.75, 3.05) is 26.4 Å². The van der Waals surface area contributed by atoms with Gasteiger partial charge in [0, 0.05) is 25.7 Å². The van der Waals surface area contributed by atoms with Crippen LogP contribution in [-0.4, -0.2) is 55.5 Å². The van der Waals surface area contributed by atoms with Gasteiger partial charge in [-0.3, -0.25) is 19.9 Å². The van der Waals surface area contributed by atoms with Gasteiger partial charge in [-0.05, 0) is 106 Å². The van der Waals surface area contributed by atoms with Gasteiger partial charge >= 0.3 is 34.1 Å². The SMILES string of the molecule is CCCOc1c2cccc1Cc1cc(Cn3c(=O)[nH]c(=O)[nH]c3=O)cc(c1OCCC)Cc1cccc(c1OCCC)Cc1cc(Cn3c(=O)[nH]c(=O)[nH]c3=O)cc(c1OCCC)C2. The molecule has 0 amide bonds. The third-order valence-electron chi connectivity index (χ3n) is 10.8. The molecule has 2 aromatic heterocycles. The Morgan fingerprint density at radius 1 is 0.406 bits per heavy atom. The summed E-state index contributed by atoms with van der Waals surface area (Å²) in [5, 5.41) is 0. The highest BCUT2D eigenvalue weighted by molar-refractivity contribution is 5.57. The van der Waals surface area contributed by atoms with Crippen LogP contribution in [0.4, 0.5) is 0 Å². The van der Waals surface area contributed by atoms with E-state index in [4.69, 9.17) is 18.9 Å². The molecule has 16 nitrogen and oxygen atoms in total. The first-order valence-corrected chi connectivity index (χ1v) is 21.9. The van der Waals surface area contributed by atoms with Crippen molar-refractivity contribution in [2.45, 2.75) is 92.2 Å². The Bertz CT molecular complexity index is 2650. The molecule has 64 heavy (non-hydrogen) atoms. The molecule has 1 aliphatic carbocycles. The van der Waals surface area contributed by atoms with Gasteiger partial charge in [-0.15, -0.1) is 0 Å². The molecule has 8 bridgehead atoms. The van der Waals surface area contributed by atoms with Crippen molar-refractivity contribution in [3.63, 3.8) is 0 Å². The van der Waals surface area contributed by atoms with E-state index in [0.29, 0.717) is 86.2 Å². The van der Waals surface area contributed by atoms with Crippen LogP contribution in [-0.2, 0) is 38.8 Å². The molecular formula is C48H54N6O10. The van der Waals surface area contributed by atoms with Gasteiger partial charge in [0.15, 0.2) is 0 Å². The molecule has 4 N–H and O–H groups in total. The fraction of sp³-hybridized carbons (Fsp3) is 0.375. The summed E-state index contributed by atoms with van der Waals surface area (Å²) in [6.45, 7) is 9.65. The minimum absolute atomic E-state index is 0.119. The van der Waals surface area contributed by atoms with E-state index in [0.717, 1.165) is 79.3 Å². The number of H-pyrrole nitrogens is 4. The minimum Gasteiger partial charge on any atom is -0.493 e. The quantitative estimate of drug-likeness (QED) is 0.105. The highest BCUT2D eigenvalue weighted by atomic mass is 16.5. The Labute approximate surface area is 367 Å². The fourth-order valence-electron chi connectivity index (χ4n) is 8.13. The molecule has 0 aliphatic heterocycles. The Hall–Kier alpha value is -7.10. The lowest BCUT2D eigenvalue weighted by molar-refractivity contribution is 0.304. The first-order chi connectivity index (χ1) is 31.0. The van der Waals surface area contributed by atoms with Gasteiger partial charge < -0.3 is 18.9 Å².